The van der Waals surface area contributed by atoms with Crippen LogP contribution in [0.25, 0.3) is 11.5 Å². The first-order valence-electron chi connectivity index (χ1n) is 6.83. The van der Waals surface area contributed by atoms with Crippen LogP contribution in [-0.2, 0) is 6.54 Å². The molecule has 1 N–H and O–H groups in total. The van der Waals surface area contributed by atoms with Crippen LogP contribution < -0.4 is 5.32 Å². The van der Waals surface area contributed by atoms with Crippen LogP contribution in [0.15, 0.2) is 34.9 Å². The Bertz CT molecular complexity index is 567. The largest absolute Gasteiger partial charge is 0.444 e. The van der Waals surface area contributed by atoms with E-state index in [0.29, 0.717) is 11.9 Å². The molecule has 1 aliphatic heterocycles. The van der Waals surface area contributed by atoms with E-state index < -0.39 is 0 Å². The quantitative estimate of drug-likeness (QED) is 0.942. The smallest absolute Gasteiger partial charge is 0.226 e. The summed E-state index contributed by atoms with van der Waals surface area (Å²) in [6.45, 7) is 2.87. The van der Waals surface area contributed by atoms with Crippen LogP contribution in [0.3, 0.4) is 0 Å². The molecule has 21 heavy (non-hydrogen) atoms. The van der Waals surface area contributed by atoms with E-state index in [-0.39, 0.29) is 18.2 Å². The summed E-state index contributed by atoms with van der Waals surface area (Å²) >= 11 is 0. The van der Waals surface area contributed by atoms with E-state index in [0.717, 1.165) is 30.9 Å². The molecule has 1 fully saturated rings. The third-order valence-corrected chi connectivity index (χ3v) is 3.71. The first kappa shape index (κ1) is 15.9. The molecular formula is C15H19ClFN3O. The number of likely N-dealkylation sites (N-methyl/N-ethyl adjacent to an activating group) is 1. The first-order chi connectivity index (χ1) is 9.72. The predicted molar refractivity (Wildman–Crippen MR) is 81.9 cm³/mol. The van der Waals surface area contributed by atoms with Gasteiger partial charge in [0.05, 0.1) is 5.69 Å². The average Bonchev–Trinajstić information content (AvgIpc) is 3.10. The van der Waals surface area contributed by atoms with Gasteiger partial charge >= 0.3 is 0 Å². The summed E-state index contributed by atoms with van der Waals surface area (Å²) in [5.74, 6) is 0.284. The van der Waals surface area contributed by atoms with E-state index in [1.165, 1.54) is 18.6 Å². The molecule has 114 valence electrons. The molecule has 3 rings (SSSR count). The molecule has 1 aliphatic rings. The molecule has 1 unspecified atom stereocenters. The molecule has 0 spiro atoms. The Labute approximate surface area is 129 Å². The van der Waals surface area contributed by atoms with Crippen molar-refractivity contribution in [2.75, 3.05) is 20.1 Å². The topological polar surface area (TPSA) is 41.3 Å². The normalized spacial score (nSPS) is 18.0. The summed E-state index contributed by atoms with van der Waals surface area (Å²) in [7, 11) is 2.10. The maximum atomic E-state index is 12.9. The zero-order chi connectivity index (χ0) is 13.9. The minimum atomic E-state index is -0.256. The van der Waals surface area contributed by atoms with Gasteiger partial charge in [0, 0.05) is 24.7 Å². The summed E-state index contributed by atoms with van der Waals surface area (Å²) in [5, 5.41) is 3.35. The minimum absolute atomic E-state index is 0. The number of hydrogen-bond acceptors (Lipinski definition) is 4. The van der Waals surface area contributed by atoms with E-state index in [4.69, 9.17) is 4.42 Å². The van der Waals surface area contributed by atoms with E-state index >= 15 is 0 Å². The summed E-state index contributed by atoms with van der Waals surface area (Å²) in [6.07, 6.45) is 2.84. The Morgan fingerprint density at radius 2 is 2.14 bits per heavy atom. The van der Waals surface area contributed by atoms with E-state index in [9.17, 15) is 4.39 Å². The molecule has 2 heterocycles. The van der Waals surface area contributed by atoms with Crippen molar-refractivity contribution < 1.29 is 8.81 Å². The molecule has 1 saturated heterocycles. The fourth-order valence-electron chi connectivity index (χ4n) is 2.50. The van der Waals surface area contributed by atoms with Crippen LogP contribution in [0.2, 0.25) is 0 Å². The molecule has 1 aromatic carbocycles. The SMILES string of the molecule is CN(Cc1coc(-c2ccc(F)cc2)n1)C1CCNC1.Cl. The lowest BCUT2D eigenvalue weighted by Crippen LogP contribution is -2.32. The average molecular weight is 312 g/mol. The van der Waals surface area contributed by atoms with Gasteiger partial charge in [-0.2, -0.15) is 0 Å². The van der Waals surface area contributed by atoms with Gasteiger partial charge in [0.2, 0.25) is 5.89 Å². The summed E-state index contributed by atoms with van der Waals surface area (Å²) < 4.78 is 18.4. The van der Waals surface area contributed by atoms with Crippen molar-refractivity contribution in [2.24, 2.45) is 0 Å². The van der Waals surface area contributed by atoms with E-state index in [1.54, 1.807) is 18.4 Å². The highest BCUT2D eigenvalue weighted by Gasteiger charge is 2.20. The molecule has 1 atom stereocenters. The van der Waals surface area contributed by atoms with Gasteiger partial charge < -0.3 is 9.73 Å². The van der Waals surface area contributed by atoms with Crippen molar-refractivity contribution in [1.82, 2.24) is 15.2 Å². The van der Waals surface area contributed by atoms with Gasteiger partial charge in [-0.1, -0.05) is 0 Å². The second kappa shape index (κ2) is 7.02. The van der Waals surface area contributed by atoms with Crippen LogP contribution in [0.5, 0.6) is 0 Å². The number of nitrogens with zero attached hydrogens (tertiary/aromatic N) is 2. The third kappa shape index (κ3) is 3.81. The van der Waals surface area contributed by atoms with Gasteiger partial charge in [0.1, 0.15) is 12.1 Å². The van der Waals surface area contributed by atoms with Crippen molar-refractivity contribution in [2.45, 2.75) is 19.0 Å². The van der Waals surface area contributed by atoms with Crippen molar-refractivity contribution in [1.29, 1.82) is 0 Å². The predicted octanol–water partition coefficient (Wildman–Crippen LogP) is 2.70. The molecule has 0 aliphatic carbocycles. The first-order valence-corrected chi connectivity index (χ1v) is 6.83. The van der Waals surface area contributed by atoms with Crippen molar-refractivity contribution >= 4 is 12.4 Å². The Morgan fingerprint density at radius 3 is 2.81 bits per heavy atom. The zero-order valence-corrected chi connectivity index (χ0v) is 12.7. The van der Waals surface area contributed by atoms with Gasteiger partial charge in [-0.25, -0.2) is 9.37 Å². The lowest BCUT2D eigenvalue weighted by Gasteiger charge is -2.21. The second-order valence-electron chi connectivity index (χ2n) is 5.21. The number of halogens is 2. The molecule has 1 aromatic heterocycles. The van der Waals surface area contributed by atoms with Crippen molar-refractivity contribution in [3.63, 3.8) is 0 Å². The Kier molecular flexibility index (Phi) is 5.33. The summed E-state index contributed by atoms with van der Waals surface area (Å²) in [5.41, 5.74) is 1.70. The molecule has 6 heteroatoms. The molecule has 0 saturated carbocycles. The van der Waals surface area contributed by atoms with E-state index in [2.05, 4.69) is 22.2 Å². The van der Waals surface area contributed by atoms with Crippen LogP contribution in [0.1, 0.15) is 12.1 Å². The number of rotatable bonds is 4. The van der Waals surface area contributed by atoms with Crippen LogP contribution in [0.4, 0.5) is 4.39 Å². The Hall–Kier alpha value is -1.43. The summed E-state index contributed by atoms with van der Waals surface area (Å²) in [6, 6.07) is 6.73. The molecule has 0 amide bonds. The van der Waals surface area contributed by atoms with Gasteiger partial charge in [0.15, 0.2) is 0 Å². The van der Waals surface area contributed by atoms with Gasteiger partial charge in [-0.15, -0.1) is 12.4 Å². The van der Waals surface area contributed by atoms with Crippen LogP contribution in [-0.4, -0.2) is 36.1 Å². The molecule has 0 radical (unpaired) electrons. The number of nitrogens with one attached hydrogen (secondary N) is 1. The maximum absolute atomic E-state index is 12.9. The van der Waals surface area contributed by atoms with Gasteiger partial charge in [0.25, 0.3) is 0 Å². The monoisotopic (exact) mass is 311 g/mol. The molecular weight excluding hydrogens is 293 g/mol. The molecule has 4 nitrogen and oxygen atoms in total. The Morgan fingerprint density at radius 1 is 1.38 bits per heavy atom. The second-order valence-corrected chi connectivity index (χ2v) is 5.21. The Balaban J connectivity index is 0.00000161. The number of aromatic nitrogens is 1. The van der Waals surface area contributed by atoms with Crippen LogP contribution in [0, 0.1) is 5.82 Å². The fraction of sp³-hybridized carbons (Fsp3) is 0.400. The highest BCUT2D eigenvalue weighted by molar-refractivity contribution is 5.85. The minimum Gasteiger partial charge on any atom is -0.444 e. The van der Waals surface area contributed by atoms with E-state index in [1.807, 2.05) is 0 Å². The zero-order valence-electron chi connectivity index (χ0n) is 11.9. The van der Waals surface area contributed by atoms with Crippen LogP contribution >= 0.6 is 12.4 Å². The van der Waals surface area contributed by atoms with Gasteiger partial charge in [-0.05, 0) is 44.3 Å². The standard InChI is InChI=1S/C15H18FN3O.ClH/c1-19(14-6-7-17-8-14)9-13-10-20-15(18-13)11-2-4-12(16)5-3-11;/h2-5,10,14,17H,6-9H2,1H3;1H. The number of benzene rings is 1. The maximum Gasteiger partial charge on any atom is 0.226 e. The number of hydrogen-bond donors (Lipinski definition) is 1. The highest BCUT2D eigenvalue weighted by Crippen LogP contribution is 2.20. The highest BCUT2D eigenvalue weighted by atomic mass is 35.5. The lowest BCUT2D eigenvalue weighted by molar-refractivity contribution is 0.246. The van der Waals surface area contributed by atoms with Gasteiger partial charge in [-0.3, -0.25) is 4.90 Å². The lowest BCUT2D eigenvalue weighted by atomic mass is 10.2. The fourth-order valence-corrected chi connectivity index (χ4v) is 2.50. The molecule has 2 aromatic rings. The molecule has 0 bridgehead atoms. The summed E-state index contributed by atoms with van der Waals surface area (Å²) in [4.78, 5) is 6.75. The van der Waals surface area contributed by atoms with Crippen molar-refractivity contribution in [3.8, 4) is 11.5 Å². The number of oxazole rings is 1. The third-order valence-electron chi connectivity index (χ3n) is 3.71. The van der Waals surface area contributed by atoms with Crippen molar-refractivity contribution in [3.05, 3.63) is 42.0 Å².